The van der Waals surface area contributed by atoms with Crippen molar-refractivity contribution in [3.63, 3.8) is 0 Å². The summed E-state index contributed by atoms with van der Waals surface area (Å²) >= 11 is 5.84. The predicted octanol–water partition coefficient (Wildman–Crippen LogP) is 3.12. The number of anilines is 2. The van der Waals surface area contributed by atoms with Crippen LogP contribution in [-0.2, 0) is 0 Å². The molecule has 96 valence electrons. The van der Waals surface area contributed by atoms with E-state index in [-0.39, 0.29) is 5.28 Å². The summed E-state index contributed by atoms with van der Waals surface area (Å²) in [4.78, 5) is 10.4. The third kappa shape index (κ3) is 3.73. The van der Waals surface area contributed by atoms with Crippen LogP contribution in [-0.4, -0.2) is 22.6 Å². The van der Waals surface area contributed by atoms with E-state index in [0.717, 1.165) is 31.6 Å². The first kappa shape index (κ1) is 14.0. The van der Waals surface area contributed by atoms with Gasteiger partial charge in [-0.25, -0.2) is 4.98 Å². The van der Waals surface area contributed by atoms with Crippen molar-refractivity contribution >= 4 is 23.1 Å². The molecule has 1 rings (SSSR count). The smallest absolute Gasteiger partial charge is 0.224 e. The Labute approximate surface area is 108 Å². The topological polar surface area (TPSA) is 55.0 Å². The number of halogens is 1. The lowest BCUT2D eigenvalue weighted by Gasteiger charge is -2.30. The number of aromatic nitrogens is 2. The number of nitrogens with zero attached hydrogens (tertiary/aromatic N) is 3. The number of hydrogen-bond acceptors (Lipinski definition) is 4. The van der Waals surface area contributed by atoms with E-state index in [1.54, 1.807) is 6.20 Å². The van der Waals surface area contributed by atoms with Crippen molar-refractivity contribution in [2.45, 2.75) is 46.1 Å². The zero-order valence-electron chi connectivity index (χ0n) is 10.8. The molecule has 0 radical (unpaired) electrons. The molecule has 0 spiro atoms. The zero-order valence-corrected chi connectivity index (χ0v) is 11.5. The van der Waals surface area contributed by atoms with Crippen LogP contribution >= 0.6 is 11.6 Å². The molecule has 4 nitrogen and oxygen atoms in total. The second-order valence-electron chi connectivity index (χ2n) is 4.22. The van der Waals surface area contributed by atoms with Gasteiger partial charge in [-0.2, -0.15) is 4.98 Å². The first-order valence-electron chi connectivity index (χ1n) is 6.14. The molecule has 1 aromatic rings. The highest BCUT2D eigenvalue weighted by atomic mass is 35.5. The molecule has 0 bridgehead atoms. The molecule has 1 heterocycles. The van der Waals surface area contributed by atoms with Crippen LogP contribution < -0.4 is 10.6 Å². The monoisotopic (exact) mass is 256 g/mol. The fraction of sp³-hybridized carbons (Fsp3) is 0.667. The summed E-state index contributed by atoms with van der Waals surface area (Å²) < 4.78 is 0. The van der Waals surface area contributed by atoms with Gasteiger partial charge in [-0.05, 0) is 31.4 Å². The van der Waals surface area contributed by atoms with Crippen molar-refractivity contribution in [3.05, 3.63) is 11.5 Å². The first-order valence-corrected chi connectivity index (χ1v) is 6.52. The molecule has 0 fully saturated rings. The van der Waals surface area contributed by atoms with Crippen LogP contribution in [0.25, 0.3) is 0 Å². The molecular formula is C12H21ClN4. The lowest BCUT2D eigenvalue weighted by molar-refractivity contribution is 0.590. The Hall–Kier alpha value is -1.03. The average molecular weight is 257 g/mol. The van der Waals surface area contributed by atoms with E-state index >= 15 is 0 Å². The molecule has 0 amide bonds. The van der Waals surface area contributed by atoms with Crippen molar-refractivity contribution < 1.29 is 0 Å². The summed E-state index contributed by atoms with van der Waals surface area (Å²) in [6.07, 6.45) is 4.88. The first-order chi connectivity index (χ1) is 8.10. The quantitative estimate of drug-likeness (QED) is 0.795. The third-order valence-corrected chi connectivity index (χ3v) is 3.10. The van der Waals surface area contributed by atoms with Gasteiger partial charge in [0.1, 0.15) is 0 Å². The van der Waals surface area contributed by atoms with Crippen molar-refractivity contribution in [1.29, 1.82) is 0 Å². The molecule has 2 N–H and O–H groups in total. The lowest BCUT2D eigenvalue weighted by atomic mass is 10.2. The van der Waals surface area contributed by atoms with Crippen LogP contribution in [0.5, 0.6) is 0 Å². The largest absolute Gasteiger partial charge is 0.394 e. The summed E-state index contributed by atoms with van der Waals surface area (Å²) in [5, 5.41) is 0.249. The van der Waals surface area contributed by atoms with E-state index in [4.69, 9.17) is 17.3 Å². The van der Waals surface area contributed by atoms with Gasteiger partial charge in [0.05, 0.1) is 11.9 Å². The van der Waals surface area contributed by atoms with Crippen molar-refractivity contribution in [2.75, 3.05) is 17.2 Å². The summed E-state index contributed by atoms with van der Waals surface area (Å²) in [6, 6.07) is 0.398. The summed E-state index contributed by atoms with van der Waals surface area (Å²) in [5.74, 6) is 0.757. The summed E-state index contributed by atoms with van der Waals surface area (Å²) in [5.41, 5.74) is 6.52. The van der Waals surface area contributed by atoms with Crippen molar-refractivity contribution in [3.8, 4) is 0 Å². The van der Waals surface area contributed by atoms with Gasteiger partial charge in [0, 0.05) is 12.6 Å². The van der Waals surface area contributed by atoms with Gasteiger partial charge < -0.3 is 10.6 Å². The number of nitrogens with two attached hydrogens (primary N) is 1. The number of nitrogen functional groups attached to an aromatic ring is 1. The number of hydrogen-bond donors (Lipinski definition) is 1. The molecule has 1 aromatic heterocycles. The Kier molecular flexibility index (Phi) is 5.48. The lowest BCUT2D eigenvalue weighted by Crippen LogP contribution is -2.35. The summed E-state index contributed by atoms with van der Waals surface area (Å²) in [6.45, 7) is 7.45. The Morgan fingerprint density at radius 1 is 1.47 bits per heavy atom. The van der Waals surface area contributed by atoms with Crippen LogP contribution in [0.15, 0.2) is 6.20 Å². The van der Waals surface area contributed by atoms with Crippen LogP contribution in [0.4, 0.5) is 11.5 Å². The van der Waals surface area contributed by atoms with Gasteiger partial charge in [0.15, 0.2) is 5.82 Å². The Balaban J connectivity index is 2.98. The maximum absolute atomic E-state index is 5.93. The van der Waals surface area contributed by atoms with E-state index in [2.05, 4.69) is 35.6 Å². The highest BCUT2D eigenvalue weighted by Crippen LogP contribution is 2.24. The van der Waals surface area contributed by atoms with Crippen LogP contribution in [0.2, 0.25) is 5.28 Å². The van der Waals surface area contributed by atoms with Crippen molar-refractivity contribution in [2.24, 2.45) is 0 Å². The van der Waals surface area contributed by atoms with E-state index < -0.39 is 0 Å². The maximum Gasteiger partial charge on any atom is 0.224 e. The zero-order chi connectivity index (χ0) is 12.8. The molecule has 0 aromatic carbocycles. The summed E-state index contributed by atoms with van der Waals surface area (Å²) in [7, 11) is 0. The van der Waals surface area contributed by atoms with Gasteiger partial charge in [0.25, 0.3) is 0 Å². The highest BCUT2D eigenvalue weighted by Gasteiger charge is 2.17. The predicted molar refractivity (Wildman–Crippen MR) is 73.5 cm³/mol. The van der Waals surface area contributed by atoms with Gasteiger partial charge >= 0.3 is 0 Å². The Morgan fingerprint density at radius 3 is 2.76 bits per heavy atom. The molecule has 0 saturated heterocycles. The van der Waals surface area contributed by atoms with Gasteiger partial charge in [-0.15, -0.1) is 0 Å². The Morgan fingerprint density at radius 2 is 2.18 bits per heavy atom. The van der Waals surface area contributed by atoms with E-state index in [1.165, 1.54) is 0 Å². The fourth-order valence-electron chi connectivity index (χ4n) is 1.68. The minimum Gasteiger partial charge on any atom is -0.394 e. The second-order valence-corrected chi connectivity index (χ2v) is 4.56. The van der Waals surface area contributed by atoms with Crippen LogP contribution in [0.1, 0.15) is 40.0 Å². The molecule has 0 aliphatic heterocycles. The van der Waals surface area contributed by atoms with Gasteiger partial charge in [-0.3, -0.25) is 0 Å². The van der Waals surface area contributed by atoms with Crippen molar-refractivity contribution in [1.82, 2.24) is 9.97 Å². The molecule has 0 saturated carbocycles. The maximum atomic E-state index is 5.93. The number of unbranched alkanes of at least 4 members (excludes halogenated alkanes) is 1. The molecule has 0 aliphatic carbocycles. The standard InChI is InChI=1S/C12H21ClN4/c1-4-6-7-17(9(3)5-2)11-10(14)8-15-12(13)16-11/h8-9H,4-7,14H2,1-3H3. The van der Waals surface area contributed by atoms with Gasteiger partial charge in [-0.1, -0.05) is 20.3 Å². The SMILES string of the molecule is CCCCN(c1nc(Cl)ncc1N)C(C)CC. The number of rotatable bonds is 6. The van der Waals surface area contributed by atoms with Crippen LogP contribution in [0, 0.1) is 0 Å². The normalized spacial score (nSPS) is 12.5. The Bertz CT molecular complexity index is 356. The second kappa shape index (κ2) is 6.64. The molecule has 0 aliphatic rings. The molecule has 1 atom stereocenters. The van der Waals surface area contributed by atoms with E-state index in [0.29, 0.717) is 11.7 Å². The van der Waals surface area contributed by atoms with Crippen LogP contribution in [0.3, 0.4) is 0 Å². The van der Waals surface area contributed by atoms with E-state index in [1.807, 2.05) is 0 Å². The minimum absolute atomic E-state index is 0.249. The molecular weight excluding hydrogens is 236 g/mol. The fourth-order valence-corrected chi connectivity index (χ4v) is 1.80. The molecule has 1 unspecified atom stereocenters. The molecule has 5 heteroatoms. The highest BCUT2D eigenvalue weighted by molar-refractivity contribution is 6.28. The minimum atomic E-state index is 0.249. The van der Waals surface area contributed by atoms with Gasteiger partial charge in [0.2, 0.25) is 5.28 Å². The third-order valence-electron chi connectivity index (χ3n) is 2.91. The van der Waals surface area contributed by atoms with E-state index in [9.17, 15) is 0 Å². The average Bonchev–Trinajstić information content (AvgIpc) is 2.33. The molecule has 17 heavy (non-hydrogen) atoms.